The third-order valence-corrected chi connectivity index (χ3v) is 3.18. The Bertz CT molecular complexity index is 450. The van der Waals surface area contributed by atoms with E-state index in [2.05, 4.69) is 5.32 Å². The number of halogens is 1. The fourth-order valence-electron chi connectivity index (χ4n) is 2.09. The van der Waals surface area contributed by atoms with Crippen molar-refractivity contribution in [1.82, 2.24) is 5.32 Å². The standard InChI is InChI=1S/C13H16FNO3/c1-17-8-3-4-10(11(14)5-8)13(16)12-6-9(18-2)7-15-12/h3-5,9,12,15H,6-7H2,1-2H3. The second-order valence-electron chi connectivity index (χ2n) is 4.26. The van der Waals surface area contributed by atoms with E-state index >= 15 is 0 Å². The van der Waals surface area contributed by atoms with Crippen molar-refractivity contribution in [2.24, 2.45) is 0 Å². The molecular formula is C13H16FNO3. The minimum absolute atomic E-state index is 0.0141. The highest BCUT2D eigenvalue weighted by molar-refractivity contribution is 6.00. The summed E-state index contributed by atoms with van der Waals surface area (Å²) in [5, 5.41) is 3.04. The Balaban J connectivity index is 2.14. The van der Waals surface area contributed by atoms with Gasteiger partial charge in [-0.1, -0.05) is 0 Å². The maximum Gasteiger partial charge on any atom is 0.182 e. The largest absolute Gasteiger partial charge is 0.497 e. The van der Waals surface area contributed by atoms with Crippen LogP contribution in [0.3, 0.4) is 0 Å². The first-order valence-electron chi connectivity index (χ1n) is 5.79. The SMILES string of the molecule is COc1ccc(C(=O)C2CC(OC)CN2)c(F)c1. The number of ketones is 1. The molecule has 98 valence electrons. The maximum atomic E-state index is 13.8. The number of Topliss-reactive ketones (excluding diaryl/α,β-unsaturated/α-hetero) is 1. The van der Waals surface area contributed by atoms with Crippen LogP contribution < -0.4 is 10.1 Å². The third-order valence-electron chi connectivity index (χ3n) is 3.18. The fourth-order valence-corrected chi connectivity index (χ4v) is 2.09. The van der Waals surface area contributed by atoms with E-state index in [1.807, 2.05) is 0 Å². The molecule has 0 aromatic heterocycles. The number of nitrogens with one attached hydrogen (secondary N) is 1. The van der Waals surface area contributed by atoms with Crippen LogP contribution in [0.5, 0.6) is 5.75 Å². The molecule has 1 aliphatic heterocycles. The Morgan fingerprint density at radius 2 is 2.22 bits per heavy atom. The van der Waals surface area contributed by atoms with Crippen LogP contribution in [0.1, 0.15) is 16.8 Å². The Labute approximate surface area is 105 Å². The molecule has 0 radical (unpaired) electrons. The van der Waals surface area contributed by atoms with Crippen LogP contribution >= 0.6 is 0 Å². The number of methoxy groups -OCH3 is 2. The molecule has 1 aliphatic rings. The van der Waals surface area contributed by atoms with Gasteiger partial charge in [0.15, 0.2) is 5.78 Å². The molecule has 1 saturated heterocycles. The molecule has 5 heteroatoms. The molecule has 1 aromatic carbocycles. The van der Waals surface area contributed by atoms with E-state index in [0.717, 1.165) is 0 Å². The van der Waals surface area contributed by atoms with Crippen LogP contribution in [0.4, 0.5) is 4.39 Å². The predicted molar refractivity (Wildman–Crippen MR) is 64.5 cm³/mol. The molecule has 2 rings (SSSR count). The summed E-state index contributed by atoms with van der Waals surface area (Å²) < 4.78 is 23.8. The fraction of sp³-hybridized carbons (Fsp3) is 0.462. The zero-order valence-corrected chi connectivity index (χ0v) is 10.4. The molecule has 0 aliphatic carbocycles. The molecular weight excluding hydrogens is 237 g/mol. The lowest BCUT2D eigenvalue weighted by Crippen LogP contribution is -2.31. The average molecular weight is 253 g/mol. The highest BCUT2D eigenvalue weighted by atomic mass is 19.1. The van der Waals surface area contributed by atoms with Gasteiger partial charge in [0.05, 0.1) is 24.8 Å². The maximum absolute atomic E-state index is 13.8. The lowest BCUT2D eigenvalue weighted by atomic mass is 10.0. The molecule has 1 heterocycles. The van der Waals surface area contributed by atoms with Gasteiger partial charge in [0.25, 0.3) is 0 Å². The molecule has 0 bridgehead atoms. The summed E-state index contributed by atoms with van der Waals surface area (Å²) in [5.74, 6) is -0.394. The van der Waals surface area contributed by atoms with Gasteiger partial charge in [-0.25, -0.2) is 4.39 Å². The highest BCUT2D eigenvalue weighted by Gasteiger charge is 2.31. The van der Waals surface area contributed by atoms with Gasteiger partial charge in [0.1, 0.15) is 11.6 Å². The highest BCUT2D eigenvalue weighted by Crippen LogP contribution is 2.20. The van der Waals surface area contributed by atoms with Crippen molar-refractivity contribution >= 4 is 5.78 Å². The van der Waals surface area contributed by atoms with Gasteiger partial charge in [-0.3, -0.25) is 4.79 Å². The van der Waals surface area contributed by atoms with Crippen LogP contribution in [0.15, 0.2) is 18.2 Å². The lowest BCUT2D eigenvalue weighted by Gasteiger charge is -2.10. The summed E-state index contributed by atoms with van der Waals surface area (Å²) in [7, 11) is 3.06. The monoisotopic (exact) mass is 253 g/mol. The lowest BCUT2D eigenvalue weighted by molar-refractivity contribution is 0.0915. The first-order chi connectivity index (χ1) is 8.65. The van der Waals surface area contributed by atoms with E-state index < -0.39 is 5.82 Å². The van der Waals surface area contributed by atoms with Crippen molar-refractivity contribution in [3.8, 4) is 5.75 Å². The summed E-state index contributed by atoms with van der Waals surface area (Å²) in [6, 6.07) is 3.88. The summed E-state index contributed by atoms with van der Waals surface area (Å²) in [5.41, 5.74) is 0.0880. The third kappa shape index (κ3) is 2.52. The van der Waals surface area contributed by atoms with Gasteiger partial charge < -0.3 is 14.8 Å². The quantitative estimate of drug-likeness (QED) is 0.824. The van der Waals surface area contributed by atoms with Gasteiger partial charge in [0, 0.05) is 19.7 Å². The smallest absolute Gasteiger partial charge is 0.182 e. The van der Waals surface area contributed by atoms with Gasteiger partial charge in [-0.05, 0) is 18.6 Å². The molecule has 18 heavy (non-hydrogen) atoms. The van der Waals surface area contributed by atoms with E-state index in [1.54, 1.807) is 13.2 Å². The van der Waals surface area contributed by atoms with E-state index in [9.17, 15) is 9.18 Å². The normalized spacial score (nSPS) is 23.1. The van der Waals surface area contributed by atoms with Crippen LogP contribution in [0, 0.1) is 5.82 Å². The number of carbonyl (C=O) groups excluding carboxylic acids is 1. The number of hydrogen-bond donors (Lipinski definition) is 1. The first kappa shape index (κ1) is 13.0. The number of carbonyl (C=O) groups is 1. The van der Waals surface area contributed by atoms with Gasteiger partial charge in [0.2, 0.25) is 0 Å². The molecule has 4 nitrogen and oxygen atoms in total. The molecule has 1 N–H and O–H groups in total. The van der Waals surface area contributed by atoms with E-state index in [1.165, 1.54) is 19.2 Å². The number of hydrogen-bond acceptors (Lipinski definition) is 4. The van der Waals surface area contributed by atoms with Crippen molar-refractivity contribution in [2.75, 3.05) is 20.8 Å². The van der Waals surface area contributed by atoms with Crippen molar-refractivity contribution in [3.05, 3.63) is 29.6 Å². The van der Waals surface area contributed by atoms with Gasteiger partial charge in [-0.15, -0.1) is 0 Å². The average Bonchev–Trinajstić information content (AvgIpc) is 2.86. The Kier molecular flexibility index (Phi) is 3.93. The van der Waals surface area contributed by atoms with Crippen molar-refractivity contribution < 1.29 is 18.7 Å². The molecule has 1 fully saturated rings. The molecule has 0 spiro atoms. The molecule has 0 saturated carbocycles. The Morgan fingerprint density at radius 3 is 2.78 bits per heavy atom. The Morgan fingerprint density at radius 1 is 1.44 bits per heavy atom. The summed E-state index contributed by atoms with van der Waals surface area (Å²) in [6.45, 7) is 0.616. The van der Waals surface area contributed by atoms with Crippen molar-refractivity contribution in [3.63, 3.8) is 0 Å². The van der Waals surface area contributed by atoms with Gasteiger partial charge >= 0.3 is 0 Å². The van der Waals surface area contributed by atoms with Gasteiger partial charge in [-0.2, -0.15) is 0 Å². The number of ether oxygens (including phenoxy) is 2. The van der Waals surface area contributed by atoms with E-state index in [4.69, 9.17) is 9.47 Å². The number of rotatable bonds is 4. The Hall–Kier alpha value is -1.46. The zero-order valence-electron chi connectivity index (χ0n) is 10.4. The summed E-state index contributed by atoms with van der Waals surface area (Å²) in [6.07, 6.45) is 0.584. The van der Waals surface area contributed by atoms with Crippen LogP contribution in [-0.2, 0) is 4.74 Å². The number of benzene rings is 1. The molecule has 2 unspecified atom stereocenters. The minimum Gasteiger partial charge on any atom is -0.497 e. The summed E-state index contributed by atoms with van der Waals surface area (Å²) >= 11 is 0. The molecule has 1 aromatic rings. The molecule has 2 atom stereocenters. The van der Waals surface area contributed by atoms with Crippen LogP contribution in [0.2, 0.25) is 0 Å². The predicted octanol–water partition coefficient (Wildman–Crippen LogP) is 1.39. The first-order valence-corrected chi connectivity index (χ1v) is 5.79. The topological polar surface area (TPSA) is 47.6 Å². The van der Waals surface area contributed by atoms with E-state index in [0.29, 0.717) is 18.7 Å². The van der Waals surface area contributed by atoms with Crippen molar-refractivity contribution in [2.45, 2.75) is 18.6 Å². The van der Waals surface area contributed by atoms with Crippen molar-refractivity contribution in [1.29, 1.82) is 0 Å². The minimum atomic E-state index is -0.554. The second-order valence-corrected chi connectivity index (χ2v) is 4.26. The van der Waals surface area contributed by atoms with E-state index in [-0.39, 0.29) is 23.5 Å². The second kappa shape index (κ2) is 5.46. The van der Waals surface area contributed by atoms with Crippen LogP contribution in [-0.4, -0.2) is 38.7 Å². The molecule has 0 amide bonds. The zero-order chi connectivity index (χ0) is 13.1. The summed E-state index contributed by atoms with van der Waals surface area (Å²) in [4.78, 5) is 12.1. The van der Waals surface area contributed by atoms with Crippen LogP contribution in [0.25, 0.3) is 0 Å².